The predicted octanol–water partition coefficient (Wildman–Crippen LogP) is 0.0878. The molecule has 0 aromatic heterocycles. The monoisotopic (exact) mass is 140 g/mol. The van der Waals surface area contributed by atoms with E-state index >= 15 is 0 Å². The van der Waals surface area contributed by atoms with Gasteiger partial charge >= 0.3 is 0 Å². The largest absolute Gasteiger partial charge is 0.381 e. The van der Waals surface area contributed by atoms with Crippen molar-refractivity contribution in [2.75, 3.05) is 13.2 Å². The van der Waals surface area contributed by atoms with Crippen LogP contribution in [0.4, 0.5) is 0 Å². The van der Waals surface area contributed by atoms with Gasteiger partial charge in [0.25, 0.3) is 11.4 Å². The molecule has 2 N–H and O–H groups in total. The van der Waals surface area contributed by atoms with Crippen LogP contribution in [-0.4, -0.2) is 26.5 Å². The minimum absolute atomic E-state index is 1.00. The molecule has 1 aliphatic heterocycles. The number of rotatable bonds is 0. The van der Waals surface area contributed by atoms with Crippen LogP contribution in [0, 0.1) is 0 Å². The first-order valence-electron chi connectivity index (χ1n) is 2.11. The summed E-state index contributed by atoms with van der Waals surface area (Å²) in [6, 6.07) is 0. The van der Waals surface area contributed by atoms with Gasteiger partial charge in [-0.05, 0) is 6.42 Å². The van der Waals surface area contributed by atoms with E-state index in [2.05, 4.69) is 0 Å². The summed E-state index contributed by atoms with van der Waals surface area (Å²) in [5.74, 6) is 0. The smallest absolute Gasteiger partial charge is 0.299 e. The summed E-state index contributed by atoms with van der Waals surface area (Å²) >= 11 is -2.61. The Balaban J connectivity index is 0.000000122. The molecule has 1 aliphatic rings. The summed E-state index contributed by atoms with van der Waals surface area (Å²) in [6.45, 7) is 2.00. The van der Waals surface area contributed by atoms with Crippen LogP contribution in [0.5, 0.6) is 0 Å². The maximum Gasteiger partial charge on any atom is 0.299 e. The third-order valence-electron chi connectivity index (χ3n) is 0.577. The lowest BCUT2D eigenvalue weighted by molar-refractivity contribution is 0.0367. The first-order valence-corrected chi connectivity index (χ1v) is 3.17. The van der Waals surface area contributed by atoms with Crippen LogP contribution in [0.2, 0.25) is 0 Å². The topological polar surface area (TPSA) is 66.8 Å². The van der Waals surface area contributed by atoms with Crippen LogP contribution in [0.3, 0.4) is 0 Å². The molecule has 1 heterocycles. The van der Waals surface area contributed by atoms with Gasteiger partial charge in [0.05, 0.1) is 0 Å². The van der Waals surface area contributed by atoms with Crippen LogP contribution in [0.1, 0.15) is 6.42 Å². The Morgan fingerprint density at radius 3 is 1.50 bits per heavy atom. The van der Waals surface area contributed by atoms with E-state index in [1.54, 1.807) is 0 Å². The van der Waals surface area contributed by atoms with Crippen LogP contribution < -0.4 is 0 Å². The molecule has 0 spiro atoms. The number of ether oxygens (including phenoxy) is 1. The highest BCUT2D eigenvalue weighted by Gasteiger charge is 1.94. The Bertz CT molecular complexity index is 61.7. The van der Waals surface area contributed by atoms with Gasteiger partial charge in [0, 0.05) is 13.2 Å². The van der Waals surface area contributed by atoms with Gasteiger partial charge in [0.15, 0.2) is 0 Å². The van der Waals surface area contributed by atoms with Gasteiger partial charge < -0.3 is 4.74 Å². The average molecular weight is 140 g/mol. The highest BCUT2D eigenvalue weighted by atomic mass is 32.2. The van der Waals surface area contributed by atoms with Crippen molar-refractivity contribution in [3.05, 3.63) is 0 Å². The SMILES string of the molecule is C1COC1.O=S(O)O. The van der Waals surface area contributed by atoms with E-state index in [-0.39, 0.29) is 0 Å². The van der Waals surface area contributed by atoms with Crippen molar-refractivity contribution >= 4 is 11.4 Å². The van der Waals surface area contributed by atoms with Crippen molar-refractivity contribution in [1.82, 2.24) is 0 Å². The standard InChI is InChI=1S/C3H6O.H2O3S/c1-2-4-3-1;1-4(2)3/h1-3H2;(H2,1,2,3). The molecule has 0 aromatic rings. The molecule has 8 heavy (non-hydrogen) atoms. The van der Waals surface area contributed by atoms with E-state index in [4.69, 9.17) is 18.1 Å². The lowest BCUT2D eigenvalue weighted by Gasteiger charge is -2.09. The Labute approximate surface area is 50.0 Å². The van der Waals surface area contributed by atoms with Crippen LogP contribution >= 0.6 is 0 Å². The predicted molar refractivity (Wildman–Crippen MR) is 28.8 cm³/mol. The number of hydrogen-bond acceptors (Lipinski definition) is 2. The summed E-state index contributed by atoms with van der Waals surface area (Å²) < 4.78 is 27.6. The molecule has 0 amide bonds. The summed E-state index contributed by atoms with van der Waals surface area (Å²) in [4.78, 5) is 0. The maximum atomic E-state index is 8.67. The summed E-state index contributed by atoms with van der Waals surface area (Å²) in [5, 5.41) is 0. The summed E-state index contributed by atoms with van der Waals surface area (Å²) in [7, 11) is 0. The van der Waals surface area contributed by atoms with Gasteiger partial charge in [0.1, 0.15) is 0 Å². The minimum atomic E-state index is -2.61. The van der Waals surface area contributed by atoms with E-state index in [1.807, 2.05) is 0 Å². The quantitative estimate of drug-likeness (QED) is 0.468. The highest BCUT2D eigenvalue weighted by Crippen LogP contribution is 1.93. The summed E-state index contributed by atoms with van der Waals surface area (Å²) in [6.07, 6.45) is 1.28. The normalized spacial score (nSPS) is 16.4. The Kier molecular flexibility index (Phi) is 5.19. The molecule has 50 valence electrons. The van der Waals surface area contributed by atoms with E-state index < -0.39 is 11.4 Å². The maximum absolute atomic E-state index is 8.67. The highest BCUT2D eigenvalue weighted by molar-refractivity contribution is 7.73. The van der Waals surface area contributed by atoms with Crippen LogP contribution in [0.25, 0.3) is 0 Å². The molecule has 0 bridgehead atoms. The van der Waals surface area contributed by atoms with Crippen LogP contribution in [-0.2, 0) is 16.1 Å². The fourth-order valence-corrected chi connectivity index (χ4v) is 0.144. The second-order valence-electron chi connectivity index (χ2n) is 1.20. The third-order valence-corrected chi connectivity index (χ3v) is 0.577. The minimum Gasteiger partial charge on any atom is -0.381 e. The van der Waals surface area contributed by atoms with Gasteiger partial charge in [0.2, 0.25) is 0 Å². The second kappa shape index (κ2) is 5.17. The molecule has 0 unspecified atom stereocenters. The molecule has 0 aromatic carbocycles. The third kappa shape index (κ3) is 9.39. The molecule has 4 nitrogen and oxygen atoms in total. The van der Waals surface area contributed by atoms with E-state index in [9.17, 15) is 0 Å². The van der Waals surface area contributed by atoms with Crippen molar-refractivity contribution in [2.45, 2.75) is 6.42 Å². The summed E-state index contributed by atoms with van der Waals surface area (Å²) in [5.41, 5.74) is 0. The van der Waals surface area contributed by atoms with Crippen molar-refractivity contribution in [3.63, 3.8) is 0 Å². The van der Waals surface area contributed by atoms with Crippen LogP contribution in [0.15, 0.2) is 0 Å². The zero-order chi connectivity index (χ0) is 6.41. The molecular weight excluding hydrogens is 132 g/mol. The van der Waals surface area contributed by atoms with Gasteiger partial charge in [-0.1, -0.05) is 0 Å². The van der Waals surface area contributed by atoms with Gasteiger partial charge in [-0.15, -0.1) is 0 Å². The van der Waals surface area contributed by atoms with Crippen molar-refractivity contribution in [3.8, 4) is 0 Å². The fourth-order valence-electron chi connectivity index (χ4n) is 0.144. The lowest BCUT2D eigenvalue weighted by Crippen LogP contribution is -2.09. The zero-order valence-electron chi connectivity index (χ0n) is 4.24. The molecule has 5 heteroatoms. The Morgan fingerprint density at radius 2 is 1.50 bits per heavy atom. The first-order chi connectivity index (χ1) is 3.73. The second-order valence-corrected chi connectivity index (χ2v) is 1.66. The fraction of sp³-hybridized carbons (Fsp3) is 1.00. The van der Waals surface area contributed by atoms with Gasteiger partial charge in [-0.3, -0.25) is 9.11 Å². The lowest BCUT2D eigenvalue weighted by atomic mass is 10.4. The van der Waals surface area contributed by atoms with Crippen molar-refractivity contribution in [1.29, 1.82) is 0 Å². The molecule has 0 atom stereocenters. The average Bonchev–Trinajstić information content (AvgIpc) is 1.19. The van der Waals surface area contributed by atoms with E-state index in [1.165, 1.54) is 6.42 Å². The van der Waals surface area contributed by atoms with Crippen molar-refractivity contribution in [2.24, 2.45) is 0 Å². The molecular formula is C3H8O4S. The Morgan fingerprint density at radius 1 is 1.38 bits per heavy atom. The molecule has 1 saturated heterocycles. The van der Waals surface area contributed by atoms with Crippen molar-refractivity contribution < 1.29 is 18.1 Å². The molecule has 0 radical (unpaired) electrons. The van der Waals surface area contributed by atoms with Gasteiger partial charge in [-0.25, -0.2) is 0 Å². The zero-order valence-corrected chi connectivity index (χ0v) is 5.06. The molecule has 0 aliphatic carbocycles. The van der Waals surface area contributed by atoms with E-state index in [0.29, 0.717) is 0 Å². The van der Waals surface area contributed by atoms with E-state index in [0.717, 1.165) is 13.2 Å². The molecule has 1 fully saturated rings. The van der Waals surface area contributed by atoms with Gasteiger partial charge in [-0.2, -0.15) is 4.21 Å². The number of hydrogen-bond donors (Lipinski definition) is 2. The molecule has 0 saturated carbocycles. The Hall–Kier alpha value is 0.0300. The first kappa shape index (κ1) is 8.03. The molecule has 1 rings (SSSR count).